The molecule has 7 nitrogen and oxygen atoms in total. The van der Waals surface area contributed by atoms with Gasteiger partial charge in [0.25, 0.3) is 0 Å². The van der Waals surface area contributed by atoms with Crippen molar-refractivity contribution in [1.29, 1.82) is 0 Å². The maximum atomic E-state index is 12.5. The summed E-state index contributed by atoms with van der Waals surface area (Å²) in [7, 11) is -3.03. The fraction of sp³-hybridized carbons (Fsp3) is 0.286. The van der Waals surface area contributed by atoms with Crippen molar-refractivity contribution in [3.8, 4) is 0 Å². The van der Waals surface area contributed by atoms with Gasteiger partial charge in [0.1, 0.15) is 5.76 Å². The molecule has 0 atom stereocenters. The Morgan fingerprint density at radius 3 is 2.46 bits per heavy atom. The minimum Gasteiger partial charge on any atom is -0.365 e. The average molecular weight is 359 g/mol. The molecule has 0 aliphatic heterocycles. The third kappa shape index (κ3) is 4.07. The van der Waals surface area contributed by atoms with Crippen LogP contribution in [0.15, 0.2) is 39.8 Å². The number of halogens is 2. The van der Waals surface area contributed by atoms with E-state index in [2.05, 4.69) is 10.5 Å². The number of anilines is 2. The smallest absolute Gasteiger partial charge is 0.341 e. The molecule has 0 aliphatic rings. The molecule has 0 radical (unpaired) electrons. The van der Waals surface area contributed by atoms with E-state index in [1.807, 2.05) is 0 Å². The van der Waals surface area contributed by atoms with E-state index in [0.717, 1.165) is 12.1 Å². The maximum absolute atomic E-state index is 12.5. The molecule has 0 saturated carbocycles. The number of nitrogens with one attached hydrogen (secondary N) is 1. The summed E-state index contributed by atoms with van der Waals surface area (Å²) >= 11 is 0. The van der Waals surface area contributed by atoms with E-state index in [1.54, 1.807) is 20.0 Å². The fourth-order valence-electron chi connectivity index (χ4n) is 1.91. The Balaban J connectivity index is 2.02. The number of aromatic nitrogens is 1. The minimum absolute atomic E-state index is 0.0488. The van der Waals surface area contributed by atoms with Crippen LogP contribution in [0, 0.1) is 6.92 Å². The average Bonchev–Trinajstić information content (AvgIpc) is 2.92. The molecule has 1 aromatic heterocycles. The highest BCUT2D eigenvalue weighted by molar-refractivity contribution is 7.91. The van der Waals surface area contributed by atoms with Crippen molar-refractivity contribution in [2.45, 2.75) is 17.6 Å². The Morgan fingerprint density at radius 2 is 1.96 bits per heavy atom. The van der Waals surface area contributed by atoms with Gasteiger partial charge in [-0.15, -0.1) is 0 Å². The maximum Gasteiger partial charge on any atom is 0.341 e. The molecule has 10 heteroatoms. The Labute approximate surface area is 137 Å². The number of rotatable bonds is 6. The molecule has 24 heavy (non-hydrogen) atoms. The van der Waals surface area contributed by atoms with E-state index >= 15 is 0 Å². The summed E-state index contributed by atoms with van der Waals surface area (Å²) in [6, 6.07) is 6.41. The van der Waals surface area contributed by atoms with Crippen molar-refractivity contribution in [3.63, 3.8) is 0 Å². The van der Waals surface area contributed by atoms with Gasteiger partial charge in [-0.25, -0.2) is 8.42 Å². The normalized spacial score (nSPS) is 11.5. The van der Waals surface area contributed by atoms with Crippen LogP contribution in [0.1, 0.15) is 5.76 Å². The molecule has 130 valence electrons. The number of hydrogen-bond donors (Lipinski definition) is 1. The monoisotopic (exact) mass is 359 g/mol. The topological polar surface area (TPSA) is 92.5 Å². The molecule has 1 amide bonds. The number of likely N-dealkylation sites (N-methyl/N-ethyl adjacent to an activating group) is 1. The molecule has 0 saturated heterocycles. The van der Waals surface area contributed by atoms with Crippen molar-refractivity contribution in [2.24, 2.45) is 0 Å². The first kappa shape index (κ1) is 17.9. The molecule has 2 aromatic rings. The number of carbonyl (C=O) groups is 1. The summed E-state index contributed by atoms with van der Waals surface area (Å²) in [5.74, 6) is -3.01. The summed E-state index contributed by atoms with van der Waals surface area (Å²) in [6.45, 7) is 1.64. The first-order valence-corrected chi connectivity index (χ1v) is 8.31. The summed E-state index contributed by atoms with van der Waals surface area (Å²) in [5.41, 5.74) is 0.495. The van der Waals surface area contributed by atoms with Crippen molar-refractivity contribution >= 4 is 27.2 Å². The quantitative estimate of drug-likeness (QED) is 0.849. The van der Waals surface area contributed by atoms with Crippen molar-refractivity contribution in [3.05, 3.63) is 36.1 Å². The lowest BCUT2D eigenvalue weighted by Gasteiger charge is -2.18. The van der Waals surface area contributed by atoms with Crippen LogP contribution in [-0.4, -0.2) is 38.8 Å². The molecule has 0 spiro atoms. The van der Waals surface area contributed by atoms with Gasteiger partial charge < -0.3 is 14.7 Å². The van der Waals surface area contributed by atoms with Crippen LogP contribution < -0.4 is 10.2 Å². The minimum atomic E-state index is -4.63. The molecule has 0 bridgehead atoms. The molecular formula is C14H15F2N3O4S. The van der Waals surface area contributed by atoms with Gasteiger partial charge in [-0.1, -0.05) is 5.16 Å². The molecule has 2 rings (SSSR count). The van der Waals surface area contributed by atoms with E-state index in [0.29, 0.717) is 11.4 Å². The summed E-state index contributed by atoms with van der Waals surface area (Å²) in [6.07, 6.45) is 0. The fourth-order valence-corrected chi connectivity index (χ4v) is 2.63. The van der Waals surface area contributed by atoms with Gasteiger partial charge in [0, 0.05) is 18.8 Å². The first-order chi connectivity index (χ1) is 11.2. The zero-order valence-corrected chi connectivity index (χ0v) is 13.7. The lowest BCUT2D eigenvalue weighted by Crippen LogP contribution is -2.30. The Bertz CT molecular complexity index is 819. The zero-order valence-electron chi connectivity index (χ0n) is 12.9. The van der Waals surface area contributed by atoms with E-state index in [9.17, 15) is 22.0 Å². The van der Waals surface area contributed by atoms with Gasteiger partial charge in [0.15, 0.2) is 5.82 Å². The summed E-state index contributed by atoms with van der Waals surface area (Å²) < 4.78 is 52.5. The summed E-state index contributed by atoms with van der Waals surface area (Å²) in [5, 5.41) is 6.16. The van der Waals surface area contributed by atoms with E-state index < -0.39 is 20.5 Å². The second-order valence-corrected chi connectivity index (χ2v) is 6.94. The van der Waals surface area contributed by atoms with Gasteiger partial charge in [-0.3, -0.25) is 4.79 Å². The second kappa shape index (κ2) is 6.95. The Kier molecular flexibility index (Phi) is 5.17. The zero-order chi connectivity index (χ0) is 17.9. The SMILES string of the molecule is Cc1cc(NC(=O)CN(C)c2ccc(S(=O)(=O)C(F)F)cc2)no1. The van der Waals surface area contributed by atoms with Crippen molar-refractivity contribution in [1.82, 2.24) is 5.16 Å². The molecule has 1 heterocycles. The molecule has 1 N–H and O–H groups in total. The van der Waals surface area contributed by atoms with Crippen LogP contribution in [-0.2, 0) is 14.6 Å². The molecule has 1 aromatic carbocycles. The number of nitrogens with zero attached hydrogens (tertiary/aromatic N) is 2. The predicted octanol–water partition coefficient (Wildman–Crippen LogP) is 2.05. The number of amides is 1. The van der Waals surface area contributed by atoms with Crippen LogP contribution in [0.5, 0.6) is 0 Å². The van der Waals surface area contributed by atoms with Crippen LogP contribution in [0.25, 0.3) is 0 Å². The number of hydrogen-bond acceptors (Lipinski definition) is 6. The number of aryl methyl sites for hydroxylation is 1. The highest BCUT2D eigenvalue weighted by Crippen LogP contribution is 2.21. The third-order valence-electron chi connectivity index (χ3n) is 3.12. The van der Waals surface area contributed by atoms with Gasteiger partial charge in [0.05, 0.1) is 11.4 Å². The highest BCUT2D eigenvalue weighted by Gasteiger charge is 2.26. The van der Waals surface area contributed by atoms with Crippen LogP contribution in [0.4, 0.5) is 20.3 Å². The van der Waals surface area contributed by atoms with Gasteiger partial charge in [-0.2, -0.15) is 8.78 Å². The van der Waals surface area contributed by atoms with Crippen molar-refractivity contribution in [2.75, 3.05) is 23.8 Å². The van der Waals surface area contributed by atoms with Crippen LogP contribution in [0.3, 0.4) is 0 Å². The Morgan fingerprint density at radius 1 is 1.33 bits per heavy atom. The van der Waals surface area contributed by atoms with Gasteiger partial charge in [0.2, 0.25) is 15.7 Å². The number of sulfone groups is 1. The van der Waals surface area contributed by atoms with E-state index in [4.69, 9.17) is 4.52 Å². The van der Waals surface area contributed by atoms with Gasteiger partial charge >= 0.3 is 5.76 Å². The number of benzene rings is 1. The second-order valence-electron chi connectivity index (χ2n) is 5.03. The summed E-state index contributed by atoms with van der Waals surface area (Å²) in [4.78, 5) is 12.9. The first-order valence-electron chi connectivity index (χ1n) is 6.76. The Hall–Kier alpha value is -2.49. The standard InChI is InChI=1S/C14H15F2N3O4S/c1-9-7-12(18-23-9)17-13(20)8-19(2)10-3-5-11(6-4-10)24(21,22)14(15)16/h3-7,14H,8H2,1-2H3,(H,17,18,20). The number of alkyl halides is 2. The van der Waals surface area contributed by atoms with Crippen LogP contribution in [0.2, 0.25) is 0 Å². The van der Waals surface area contributed by atoms with E-state index in [1.165, 1.54) is 17.0 Å². The van der Waals surface area contributed by atoms with Crippen molar-refractivity contribution < 1.29 is 26.5 Å². The lowest BCUT2D eigenvalue weighted by molar-refractivity contribution is -0.115. The molecule has 0 aliphatic carbocycles. The largest absolute Gasteiger partial charge is 0.365 e. The molecule has 0 unspecified atom stereocenters. The van der Waals surface area contributed by atoms with Crippen LogP contribution >= 0.6 is 0 Å². The molecule has 0 fully saturated rings. The predicted molar refractivity (Wildman–Crippen MR) is 82.8 cm³/mol. The third-order valence-corrected chi connectivity index (χ3v) is 4.52. The van der Waals surface area contributed by atoms with Gasteiger partial charge in [-0.05, 0) is 31.2 Å². The molecular weight excluding hydrogens is 344 g/mol. The highest BCUT2D eigenvalue weighted by atomic mass is 32.2. The van der Waals surface area contributed by atoms with E-state index in [-0.39, 0.29) is 18.3 Å². The lowest BCUT2D eigenvalue weighted by atomic mass is 10.3. The number of carbonyl (C=O) groups excluding carboxylic acids is 1.